The molecule has 1 heterocycles. The molecule has 2 atom stereocenters. The molecular weight excluding hydrogens is 206 g/mol. The van der Waals surface area contributed by atoms with Crippen LogP contribution in [-0.4, -0.2) is 47.3 Å². The lowest BCUT2D eigenvalue weighted by molar-refractivity contribution is -0.0353. The predicted octanol–water partition coefficient (Wildman–Crippen LogP) is 2.22. The van der Waals surface area contributed by atoms with Crippen molar-refractivity contribution >= 4 is 11.8 Å². The molecule has 0 aromatic heterocycles. The van der Waals surface area contributed by atoms with Crippen LogP contribution in [0.4, 0.5) is 0 Å². The van der Waals surface area contributed by atoms with E-state index in [0.29, 0.717) is 23.3 Å². The number of aliphatic hydroxyl groups is 1. The van der Waals surface area contributed by atoms with E-state index in [-0.39, 0.29) is 0 Å². The largest absolute Gasteiger partial charge is 0.395 e. The molecule has 15 heavy (non-hydrogen) atoms. The number of hydrogen-bond acceptors (Lipinski definition) is 3. The molecule has 0 bridgehead atoms. The Balaban J connectivity index is 2.43. The second-order valence-corrected chi connectivity index (χ2v) is 5.89. The second-order valence-electron chi connectivity index (χ2n) is 4.81. The topological polar surface area (TPSA) is 23.5 Å². The number of rotatable bonds is 6. The fourth-order valence-corrected chi connectivity index (χ4v) is 3.17. The first-order chi connectivity index (χ1) is 7.12. The van der Waals surface area contributed by atoms with Crippen molar-refractivity contribution in [3.63, 3.8) is 0 Å². The van der Waals surface area contributed by atoms with Crippen LogP contribution in [0.3, 0.4) is 0 Å². The zero-order valence-corrected chi connectivity index (χ0v) is 11.3. The first-order valence-corrected chi connectivity index (χ1v) is 7.29. The molecule has 1 aliphatic heterocycles. The summed E-state index contributed by atoms with van der Waals surface area (Å²) in [6.45, 7) is 9.57. The maximum atomic E-state index is 9.26. The van der Waals surface area contributed by atoms with E-state index in [4.69, 9.17) is 0 Å². The first-order valence-electron chi connectivity index (χ1n) is 6.00. The lowest BCUT2D eigenvalue weighted by Crippen LogP contribution is -2.61. The summed E-state index contributed by atoms with van der Waals surface area (Å²) in [5.41, 5.74) is 0.576. The highest BCUT2D eigenvalue weighted by Crippen LogP contribution is 2.39. The normalized spacial score (nSPS) is 24.6. The Bertz CT molecular complexity index is 182. The molecule has 0 saturated carbocycles. The van der Waals surface area contributed by atoms with E-state index in [1.165, 1.54) is 25.9 Å². The Morgan fingerprint density at radius 2 is 1.87 bits per heavy atom. The molecule has 1 fully saturated rings. The Hall–Kier alpha value is 0.270. The third-order valence-corrected chi connectivity index (χ3v) is 5.32. The van der Waals surface area contributed by atoms with Gasteiger partial charge in [-0.25, -0.2) is 0 Å². The first kappa shape index (κ1) is 13.3. The van der Waals surface area contributed by atoms with Crippen molar-refractivity contribution in [2.75, 3.05) is 26.0 Å². The van der Waals surface area contributed by atoms with Crippen LogP contribution in [0, 0.1) is 5.41 Å². The Morgan fingerprint density at radius 1 is 1.33 bits per heavy atom. The van der Waals surface area contributed by atoms with Gasteiger partial charge in [0.2, 0.25) is 0 Å². The average molecular weight is 231 g/mol. The van der Waals surface area contributed by atoms with Crippen molar-refractivity contribution in [1.29, 1.82) is 0 Å². The lowest BCUT2D eigenvalue weighted by Gasteiger charge is -2.53. The molecule has 1 N–H and O–H groups in total. The Morgan fingerprint density at radius 3 is 2.20 bits per heavy atom. The summed E-state index contributed by atoms with van der Waals surface area (Å²) < 4.78 is 0. The zero-order chi connectivity index (χ0) is 11.5. The number of hydrogen-bond donors (Lipinski definition) is 1. The Labute approximate surface area is 98.4 Å². The molecule has 0 radical (unpaired) electrons. The van der Waals surface area contributed by atoms with Crippen molar-refractivity contribution in [2.45, 2.75) is 44.9 Å². The van der Waals surface area contributed by atoms with E-state index >= 15 is 0 Å². The van der Waals surface area contributed by atoms with Gasteiger partial charge in [0.15, 0.2) is 0 Å². The van der Waals surface area contributed by atoms with Gasteiger partial charge in [0.1, 0.15) is 0 Å². The van der Waals surface area contributed by atoms with E-state index in [1.807, 2.05) is 0 Å². The number of likely N-dealkylation sites (tertiary alicyclic amines) is 1. The van der Waals surface area contributed by atoms with Gasteiger partial charge in [-0.15, -0.1) is 0 Å². The molecule has 1 rings (SSSR count). The monoisotopic (exact) mass is 231 g/mol. The summed E-state index contributed by atoms with van der Waals surface area (Å²) in [7, 11) is 0. The van der Waals surface area contributed by atoms with Crippen LogP contribution in [0.1, 0.15) is 33.6 Å². The second kappa shape index (κ2) is 5.55. The maximum Gasteiger partial charge on any atom is 0.0565 e. The van der Waals surface area contributed by atoms with Gasteiger partial charge in [-0.1, -0.05) is 13.8 Å². The van der Waals surface area contributed by atoms with Crippen molar-refractivity contribution < 1.29 is 5.11 Å². The highest BCUT2D eigenvalue weighted by atomic mass is 32.2. The van der Waals surface area contributed by atoms with E-state index < -0.39 is 0 Å². The molecule has 0 aromatic carbocycles. The summed E-state index contributed by atoms with van der Waals surface area (Å²) in [6, 6.07) is 0.510. The maximum absolute atomic E-state index is 9.26. The summed E-state index contributed by atoms with van der Waals surface area (Å²) >= 11 is 1.78. The predicted molar refractivity (Wildman–Crippen MR) is 68.4 cm³/mol. The minimum absolute atomic E-state index is 0.296. The van der Waals surface area contributed by atoms with E-state index in [1.54, 1.807) is 11.8 Å². The molecular formula is C12H25NOS. The highest BCUT2D eigenvalue weighted by Gasteiger charge is 2.42. The van der Waals surface area contributed by atoms with Gasteiger partial charge in [0.05, 0.1) is 6.61 Å². The minimum atomic E-state index is 0.296. The average Bonchev–Trinajstić information content (AvgIpc) is 2.19. The van der Waals surface area contributed by atoms with Gasteiger partial charge in [-0.05, 0) is 31.4 Å². The fourth-order valence-electron chi connectivity index (χ4n) is 2.46. The van der Waals surface area contributed by atoms with Crippen LogP contribution in [0.5, 0.6) is 0 Å². The summed E-state index contributed by atoms with van der Waals surface area (Å²) in [4.78, 5) is 2.52. The molecule has 1 aliphatic rings. The highest BCUT2D eigenvalue weighted by molar-refractivity contribution is 7.99. The summed E-state index contributed by atoms with van der Waals surface area (Å²) in [5.74, 6) is 0. The quantitative estimate of drug-likeness (QED) is 0.758. The molecule has 0 amide bonds. The third-order valence-electron chi connectivity index (χ3n) is 4.17. The smallest absolute Gasteiger partial charge is 0.0565 e. The van der Waals surface area contributed by atoms with Gasteiger partial charge < -0.3 is 5.11 Å². The van der Waals surface area contributed by atoms with Gasteiger partial charge in [-0.2, -0.15) is 11.8 Å². The van der Waals surface area contributed by atoms with Crippen molar-refractivity contribution in [3.05, 3.63) is 0 Å². The van der Waals surface area contributed by atoms with Crippen LogP contribution in [-0.2, 0) is 0 Å². The van der Waals surface area contributed by atoms with Crippen LogP contribution in [0.25, 0.3) is 0 Å². The molecule has 90 valence electrons. The third kappa shape index (κ3) is 2.69. The minimum Gasteiger partial charge on any atom is -0.395 e. The molecule has 0 aliphatic carbocycles. The van der Waals surface area contributed by atoms with Crippen molar-refractivity contribution in [3.8, 4) is 0 Å². The fraction of sp³-hybridized carbons (Fsp3) is 1.00. The van der Waals surface area contributed by atoms with E-state index in [2.05, 4.69) is 31.9 Å². The van der Waals surface area contributed by atoms with Gasteiger partial charge in [-0.3, -0.25) is 4.90 Å². The van der Waals surface area contributed by atoms with Gasteiger partial charge in [0, 0.05) is 24.4 Å². The van der Waals surface area contributed by atoms with Crippen LogP contribution < -0.4 is 0 Å². The molecule has 0 spiro atoms. The standard InChI is InChI=1S/C12H25NOS/c1-5-12(6-2)8-13(9-12)10(3)11(7-14)15-4/h10-11,14H,5-9H2,1-4H3. The molecule has 2 nitrogen and oxygen atoms in total. The van der Waals surface area contributed by atoms with Crippen LogP contribution in [0.15, 0.2) is 0 Å². The molecule has 3 heteroatoms. The van der Waals surface area contributed by atoms with E-state index in [0.717, 1.165) is 0 Å². The molecule has 0 aromatic rings. The van der Waals surface area contributed by atoms with Gasteiger partial charge >= 0.3 is 0 Å². The summed E-state index contributed by atoms with van der Waals surface area (Å²) in [5, 5.41) is 9.63. The zero-order valence-electron chi connectivity index (χ0n) is 10.5. The van der Waals surface area contributed by atoms with Crippen LogP contribution >= 0.6 is 11.8 Å². The molecule has 2 unspecified atom stereocenters. The molecule has 1 saturated heterocycles. The van der Waals surface area contributed by atoms with Crippen LogP contribution in [0.2, 0.25) is 0 Å². The van der Waals surface area contributed by atoms with E-state index in [9.17, 15) is 5.11 Å². The Kier molecular flexibility index (Phi) is 4.94. The summed E-state index contributed by atoms with van der Waals surface area (Å²) in [6.07, 6.45) is 4.66. The number of thioether (sulfide) groups is 1. The number of nitrogens with zero attached hydrogens (tertiary/aromatic N) is 1. The van der Waals surface area contributed by atoms with Gasteiger partial charge in [0.25, 0.3) is 0 Å². The van der Waals surface area contributed by atoms with Crippen molar-refractivity contribution in [2.24, 2.45) is 5.41 Å². The lowest BCUT2D eigenvalue weighted by atomic mass is 9.74. The van der Waals surface area contributed by atoms with Crippen molar-refractivity contribution in [1.82, 2.24) is 4.90 Å². The SMILES string of the molecule is CCC1(CC)CN(C(C)C(CO)SC)C1. The number of aliphatic hydroxyl groups excluding tert-OH is 1.